The van der Waals surface area contributed by atoms with Crippen molar-refractivity contribution in [1.82, 2.24) is 25.2 Å². The Bertz CT molecular complexity index is 1530. The number of amides is 2. The molecule has 0 bridgehead atoms. The zero-order chi connectivity index (χ0) is 29.1. The predicted octanol–water partition coefficient (Wildman–Crippen LogP) is 5.31. The zero-order valence-electron chi connectivity index (χ0n) is 23.5. The predicted molar refractivity (Wildman–Crippen MR) is 162 cm³/mol. The molecule has 2 aromatic carbocycles. The number of benzene rings is 2. The molecule has 214 valence electrons. The summed E-state index contributed by atoms with van der Waals surface area (Å²) in [7, 11) is 3.76. The molecule has 41 heavy (non-hydrogen) atoms. The molecule has 0 saturated carbocycles. The highest BCUT2D eigenvalue weighted by Crippen LogP contribution is 2.36. The summed E-state index contributed by atoms with van der Waals surface area (Å²) >= 11 is 6.05. The Morgan fingerprint density at radius 2 is 1.78 bits per heavy atom. The SMILES string of the molecule is COc1ccc(NC(=O)NC(C)(C)c2nc(-c3ccc(Cl)c(O)c3)c(-c3ccncc3)[nH]2)cc1N1CCN(C)CC1. The van der Waals surface area contributed by atoms with Gasteiger partial charge in [0.25, 0.3) is 0 Å². The van der Waals surface area contributed by atoms with E-state index in [0.29, 0.717) is 22.8 Å². The van der Waals surface area contributed by atoms with Crippen LogP contribution in [-0.2, 0) is 5.54 Å². The minimum Gasteiger partial charge on any atom is -0.506 e. The molecule has 10 nitrogen and oxygen atoms in total. The number of phenolic OH excluding ortho intramolecular Hbond substituents is 1. The number of aromatic nitrogens is 3. The van der Waals surface area contributed by atoms with Gasteiger partial charge in [-0.15, -0.1) is 0 Å². The van der Waals surface area contributed by atoms with E-state index in [-0.39, 0.29) is 16.8 Å². The average molecular weight is 576 g/mol. The first-order valence-corrected chi connectivity index (χ1v) is 13.7. The second-order valence-electron chi connectivity index (χ2n) is 10.6. The summed E-state index contributed by atoms with van der Waals surface area (Å²) in [4.78, 5) is 30.2. The number of ether oxygens (including phenoxy) is 1. The first-order valence-electron chi connectivity index (χ1n) is 13.3. The van der Waals surface area contributed by atoms with E-state index < -0.39 is 5.54 Å². The topological polar surface area (TPSA) is 119 Å². The number of urea groups is 1. The molecule has 2 amide bonds. The van der Waals surface area contributed by atoms with Crippen molar-refractivity contribution in [2.24, 2.45) is 0 Å². The number of H-pyrrole nitrogens is 1. The number of nitrogens with zero attached hydrogens (tertiary/aromatic N) is 4. The number of hydrogen-bond donors (Lipinski definition) is 4. The summed E-state index contributed by atoms with van der Waals surface area (Å²) in [5, 5.41) is 16.5. The normalized spacial score (nSPS) is 14.1. The molecule has 4 aromatic rings. The Hall–Kier alpha value is -4.28. The highest BCUT2D eigenvalue weighted by Gasteiger charge is 2.29. The van der Waals surface area contributed by atoms with Gasteiger partial charge in [-0.1, -0.05) is 17.7 Å². The minimum atomic E-state index is -0.884. The maximum atomic E-state index is 13.2. The van der Waals surface area contributed by atoms with Crippen molar-refractivity contribution in [2.45, 2.75) is 19.4 Å². The van der Waals surface area contributed by atoms with E-state index in [1.54, 1.807) is 37.7 Å². The number of phenols is 1. The van der Waals surface area contributed by atoms with Crippen LogP contribution in [0.2, 0.25) is 5.02 Å². The third kappa shape index (κ3) is 6.23. The van der Waals surface area contributed by atoms with E-state index in [9.17, 15) is 9.90 Å². The van der Waals surface area contributed by atoms with Crippen LogP contribution in [0.3, 0.4) is 0 Å². The standard InChI is InChI=1S/C30H34ClN7O3/c1-30(2,36-29(40)33-21-6-8-25(41-4)23(18-21)38-15-13-37(3)14-16-38)28-34-26(19-9-11-32-12-10-19)27(35-28)20-5-7-22(31)24(39)17-20/h5-12,17-18,39H,13-16H2,1-4H3,(H,34,35)(H2,33,36,40). The molecule has 0 unspecified atom stereocenters. The third-order valence-corrected chi connectivity index (χ3v) is 7.51. The lowest BCUT2D eigenvalue weighted by molar-refractivity contribution is 0.240. The number of pyridine rings is 1. The molecule has 0 spiro atoms. The van der Waals surface area contributed by atoms with Gasteiger partial charge in [0.1, 0.15) is 17.3 Å². The Labute approximate surface area is 244 Å². The van der Waals surface area contributed by atoms with E-state index in [0.717, 1.165) is 48.9 Å². The monoisotopic (exact) mass is 575 g/mol. The maximum absolute atomic E-state index is 13.2. The Morgan fingerprint density at radius 1 is 1.05 bits per heavy atom. The van der Waals surface area contributed by atoms with Crippen LogP contribution < -0.4 is 20.3 Å². The van der Waals surface area contributed by atoms with Gasteiger partial charge in [-0.2, -0.15) is 0 Å². The summed E-state index contributed by atoms with van der Waals surface area (Å²) in [5.74, 6) is 1.26. The van der Waals surface area contributed by atoms with Crippen LogP contribution >= 0.6 is 11.6 Å². The lowest BCUT2D eigenvalue weighted by Gasteiger charge is -2.35. The molecule has 3 heterocycles. The van der Waals surface area contributed by atoms with Gasteiger partial charge in [0.05, 0.1) is 34.7 Å². The first kappa shape index (κ1) is 28.3. The van der Waals surface area contributed by atoms with Crippen molar-refractivity contribution >= 4 is 29.0 Å². The number of likely N-dealkylation sites (N-methyl/N-ethyl adjacent to an activating group) is 1. The number of rotatable bonds is 7. The lowest BCUT2D eigenvalue weighted by atomic mass is 10.1. The maximum Gasteiger partial charge on any atom is 0.320 e. The van der Waals surface area contributed by atoms with E-state index >= 15 is 0 Å². The van der Waals surface area contributed by atoms with E-state index in [1.165, 1.54) is 0 Å². The van der Waals surface area contributed by atoms with Crippen molar-refractivity contribution in [3.8, 4) is 34.0 Å². The molecule has 1 aliphatic heterocycles. The highest BCUT2D eigenvalue weighted by atomic mass is 35.5. The average Bonchev–Trinajstić information content (AvgIpc) is 3.42. The zero-order valence-corrected chi connectivity index (χ0v) is 24.3. The first-order chi connectivity index (χ1) is 19.6. The number of carbonyl (C=O) groups is 1. The summed E-state index contributed by atoms with van der Waals surface area (Å²) in [6.07, 6.45) is 3.39. The van der Waals surface area contributed by atoms with Gasteiger partial charge in [0.2, 0.25) is 0 Å². The summed E-state index contributed by atoms with van der Waals surface area (Å²) in [6, 6.07) is 14.0. The molecule has 1 saturated heterocycles. The molecule has 4 N–H and O–H groups in total. The number of aromatic hydroxyl groups is 1. The Balaban J connectivity index is 1.39. The molecule has 0 atom stereocenters. The van der Waals surface area contributed by atoms with Gasteiger partial charge in [-0.3, -0.25) is 4.98 Å². The van der Waals surface area contributed by atoms with Crippen LogP contribution in [0.25, 0.3) is 22.5 Å². The number of halogens is 1. The minimum absolute atomic E-state index is 0.0402. The van der Waals surface area contributed by atoms with E-state index in [1.807, 2.05) is 44.2 Å². The number of carbonyl (C=O) groups excluding carboxylic acids is 1. The second-order valence-corrected chi connectivity index (χ2v) is 11.0. The fourth-order valence-corrected chi connectivity index (χ4v) is 4.95. The van der Waals surface area contributed by atoms with E-state index in [4.69, 9.17) is 21.3 Å². The van der Waals surface area contributed by atoms with Crippen molar-refractivity contribution in [1.29, 1.82) is 0 Å². The van der Waals surface area contributed by atoms with Crippen molar-refractivity contribution < 1.29 is 14.6 Å². The van der Waals surface area contributed by atoms with Crippen LogP contribution in [0.15, 0.2) is 60.9 Å². The van der Waals surface area contributed by atoms with Gasteiger partial charge in [0, 0.05) is 55.4 Å². The summed E-state index contributed by atoms with van der Waals surface area (Å²) in [6.45, 7) is 7.40. The lowest BCUT2D eigenvalue weighted by Crippen LogP contribution is -2.45. The fraction of sp³-hybridized carbons (Fsp3) is 0.300. The smallest absolute Gasteiger partial charge is 0.320 e. The van der Waals surface area contributed by atoms with Gasteiger partial charge in [-0.25, -0.2) is 9.78 Å². The second kappa shape index (κ2) is 11.7. The number of methoxy groups -OCH3 is 1. The largest absolute Gasteiger partial charge is 0.506 e. The van der Waals surface area contributed by atoms with Crippen LogP contribution in [0, 0.1) is 0 Å². The summed E-state index contributed by atoms with van der Waals surface area (Å²) < 4.78 is 5.60. The number of anilines is 2. The number of piperazine rings is 1. The Morgan fingerprint density at radius 3 is 2.46 bits per heavy atom. The molecule has 2 aromatic heterocycles. The van der Waals surface area contributed by atoms with Crippen LogP contribution in [-0.4, -0.2) is 71.3 Å². The molecule has 11 heteroatoms. The molecule has 1 fully saturated rings. The number of aromatic amines is 1. The summed E-state index contributed by atoms with van der Waals surface area (Å²) in [5.41, 5.74) is 3.59. The van der Waals surface area contributed by atoms with Crippen LogP contribution in [0.4, 0.5) is 16.2 Å². The van der Waals surface area contributed by atoms with Gasteiger partial charge >= 0.3 is 6.03 Å². The highest BCUT2D eigenvalue weighted by molar-refractivity contribution is 6.32. The number of nitrogens with one attached hydrogen (secondary N) is 3. The van der Waals surface area contributed by atoms with E-state index in [2.05, 4.69) is 37.4 Å². The van der Waals surface area contributed by atoms with Crippen molar-refractivity contribution in [3.63, 3.8) is 0 Å². The number of imidazole rings is 1. The molecule has 1 aliphatic rings. The molecule has 0 aliphatic carbocycles. The fourth-order valence-electron chi connectivity index (χ4n) is 4.83. The molecule has 5 rings (SSSR count). The molecular weight excluding hydrogens is 542 g/mol. The van der Waals surface area contributed by atoms with Gasteiger partial charge in [-0.05, 0) is 63.4 Å². The Kier molecular flexibility index (Phi) is 8.05. The quantitative estimate of drug-likeness (QED) is 0.236. The molecule has 0 radical (unpaired) electrons. The third-order valence-electron chi connectivity index (χ3n) is 7.19. The van der Waals surface area contributed by atoms with Crippen LogP contribution in [0.5, 0.6) is 11.5 Å². The van der Waals surface area contributed by atoms with Crippen molar-refractivity contribution in [2.75, 3.05) is 50.6 Å². The van der Waals surface area contributed by atoms with Crippen LogP contribution in [0.1, 0.15) is 19.7 Å². The molecular formula is C30H34ClN7O3. The van der Waals surface area contributed by atoms with Gasteiger partial charge in [0.15, 0.2) is 0 Å². The van der Waals surface area contributed by atoms with Gasteiger partial charge < -0.3 is 35.3 Å². The van der Waals surface area contributed by atoms with Crippen molar-refractivity contribution in [3.05, 3.63) is 71.8 Å². The number of hydrogen-bond acceptors (Lipinski definition) is 7.